The Morgan fingerprint density at radius 2 is 2.25 bits per heavy atom. The van der Waals surface area contributed by atoms with Gasteiger partial charge in [0, 0.05) is 15.8 Å². The Hall–Kier alpha value is -0.520. The minimum atomic E-state index is -0.0286. The second kappa shape index (κ2) is 6.96. The first-order chi connectivity index (χ1) is 9.58. The Morgan fingerprint density at radius 1 is 1.50 bits per heavy atom. The molecule has 2 heterocycles. The highest BCUT2D eigenvalue weighted by molar-refractivity contribution is 7.98. The fraction of sp³-hybridized carbons (Fsp3) is 0.667. The van der Waals surface area contributed by atoms with Gasteiger partial charge in [0.15, 0.2) is 0 Å². The van der Waals surface area contributed by atoms with Gasteiger partial charge in [-0.15, -0.1) is 11.3 Å². The number of aryl methyl sites for hydroxylation is 1. The Labute approximate surface area is 130 Å². The van der Waals surface area contributed by atoms with E-state index in [2.05, 4.69) is 49.4 Å². The van der Waals surface area contributed by atoms with Crippen molar-refractivity contribution < 1.29 is 4.79 Å². The Balaban J connectivity index is 2.21. The normalized spacial score (nSPS) is 24.4. The van der Waals surface area contributed by atoms with E-state index < -0.39 is 0 Å². The van der Waals surface area contributed by atoms with Crippen LogP contribution in [0, 0.1) is 6.92 Å². The predicted octanol–water partition coefficient (Wildman–Crippen LogP) is 3.41. The number of carbonyl (C=O) groups excluding carboxylic acids is 1. The van der Waals surface area contributed by atoms with E-state index in [-0.39, 0.29) is 24.2 Å². The first kappa shape index (κ1) is 15.9. The van der Waals surface area contributed by atoms with Crippen molar-refractivity contribution in [1.82, 2.24) is 10.2 Å². The molecule has 3 unspecified atom stereocenters. The van der Waals surface area contributed by atoms with Gasteiger partial charge in [0.2, 0.25) is 5.91 Å². The molecule has 1 amide bonds. The molecule has 0 bridgehead atoms. The van der Waals surface area contributed by atoms with Crippen LogP contribution in [0.1, 0.15) is 42.6 Å². The number of nitrogens with one attached hydrogen (secondary N) is 1. The molecule has 0 saturated carbocycles. The molecule has 0 aromatic carbocycles. The smallest absolute Gasteiger partial charge is 0.241 e. The molecule has 3 atom stereocenters. The van der Waals surface area contributed by atoms with Gasteiger partial charge in [-0.3, -0.25) is 10.1 Å². The lowest BCUT2D eigenvalue weighted by Gasteiger charge is -2.29. The molecule has 3 nitrogen and oxygen atoms in total. The van der Waals surface area contributed by atoms with Gasteiger partial charge in [0.25, 0.3) is 0 Å². The highest BCUT2D eigenvalue weighted by Crippen LogP contribution is 2.33. The lowest BCUT2D eigenvalue weighted by Crippen LogP contribution is -2.38. The number of thiophene rings is 1. The van der Waals surface area contributed by atoms with E-state index in [1.165, 1.54) is 9.75 Å². The second-order valence-corrected chi connectivity index (χ2v) is 7.66. The zero-order valence-corrected chi connectivity index (χ0v) is 14.3. The fourth-order valence-electron chi connectivity index (χ4n) is 2.66. The Bertz CT molecular complexity index is 460. The van der Waals surface area contributed by atoms with E-state index in [4.69, 9.17) is 0 Å². The van der Waals surface area contributed by atoms with Crippen LogP contribution in [-0.4, -0.2) is 34.9 Å². The highest BCUT2D eigenvalue weighted by Gasteiger charge is 2.41. The first-order valence-corrected chi connectivity index (χ1v) is 9.43. The molecule has 20 heavy (non-hydrogen) atoms. The van der Waals surface area contributed by atoms with Gasteiger partial charge in [-0.1, -0.05) is 6.92 Å². The van der Waals surface area contributed by atoms with E-state index >= 15 is 0 Å². The largest absolute Gasteiger partial charge is 0.318 e. The third-order valence-electron chi connectivity index (χ3n) is 3.84. The summed E-state index contributed by atoms with van der Waals surface area (Å²) in [5.74, 6) is 1.36. The molecular formula is C15H24N2OS2. The van der Waals surface area contributed by atoms with Crippen molar-refractivity contribution in [2.45, 2.75) is 51.9 Å². The Morgan fingerprint density at radius 3 is 2.80 bits per heavy atom. The molecular weight excluding hydrogens is 288 g/mol. The van der Waals surface area contributed by atoms with Gasteiger partial charge >= 0.3 is 0 Å². The summed E-state index contributed by atoms with van der Waals surface area (Å²) < 4.78 is 0. The number of rotatable bonds is 6. The zero-order valence-electron chi connectivity index (χ0n) is 12.7. The van der Waals surface area contributed by atoms with E-state index in [9.17, 15) is 4.79 Å². The van der Waals surface area contributed by atoms with E-state index in [1.807, 2.05) is 11.8 Å². The molecule has 5 heteroatoms. The van der Waals surface area contributed by atoms with E-state index in [0.717, 1.165) is 18.6 Å². The van der Waals surface area contributed by atoms with Crippen molar-refractivity contribution in [3.05, 3.63) is 21.9 Å². The van der Waals surface area contributed by atoms with E-state index in [0.29, 0.717) is 0 Å². The average Bonchev–Trinajstić information content (AvgIpc) is 2.99. The molecule has 0 aliphatic carbocycles. The van der Waals surface area contributed by atoms with E-state index in [1.54, 1.807) is 11.3 Å². The lowest BCUT2D eigenvalue weighted by molar-refractivity contribution is -0.132. The van der Waals surface area contributed by atoms with Crippen LogP contribution in [0.15, 0.2) is 12.1 Å². The minimum absolute atomic E-state index is 0.0286. The summed E-state index contributed by atoms with van der Waals surface area (Å²) >= 11 is 3.62. The number of amides is 1. The predicted molar refractivity (Wildman–Crippen MR) is 88.3 cm³/mol. The van der Waals surface area contributed by atoms with Crippen molar-refractivity contribution >= 4 is 29.0 Å². The number of hydrogen-bond donors (Lipinski definition) is 1. The SMILES string of the molecule is CCC1NC(c2ccc(C)s2)N(C(C)CCSC)C1=O. The van der Waals surface area contributed by atoms with Crippen LogP contribution >= 0.6 is 23.1 Å². The zero-order chi connectivity index (χ0) is 14.7. The molecule has 1 saturated heterocycles. The summed E-state index contributed by atoms with van der Waals surface area (Å²) in [6.07, 6.45) is 4.08. The number of carbonyl (C=O) groups is 1. The molecule has 1 N–H and O–H groups in total. The maximum Gasteiger partial charge on any atom is 0.241 e. The summed E-state index contributed by atoms with van der Waals surface area (Å²) in [7, 11) is 0. The van der Waals surface area contributed by atoms with Gasteiger partial charge in [-0.25, -0.2) is 0 Å². The van der Waals surface area contributed by atoms with Crippen molar-refractivity contribution in [3.8, 4) is 0 Å². The van der Waals surface area contributed by atoms with Crippen molar-refractivity contribution in [2.24, 2.45) is 0 Å². The van der Waals surface area contributed by atoms with Crippen LogP contribution in [-0.2, 0) is 4.79 Å². The molecule has 1 aliphatic heterocycles. The molecule has 1 aromatic heterocycles. The standard InChI is InChI=1S/C15H24N2OS2/c1-5-12-15(18)17(10(2)8-9-19-4)14(16-12)13-7-6-11(3)20-13/h6-7,10,12,14,16H,5,8-9H2,1-4H3. The van der Waals surface area contributed by atoms with Gasteiger partial charge in [0.05, 0.1) is 6.04 Å². The number of thioether (sulfide) groups is 1. The van der Waals surface area contributed by atoms with Gasteiger partial charge in [0.1, 0.15) is 6.17 Å². The number of hydrogen-bond acceptors (Lipinski definition) is 4. The van der Waals surface area contributed by atoms with Crippen LogP contribution in [0.4, 0.5) is 0 Å². The third kappa shape index (κ3) is 3.21. The molecule has 1 aliphatic rings. The van der Waals surface area contributed by atoms with Crippen LogP contribution in [0.25, 0.3) is 0 Å². The highest BCUT2D eigenvalue weighted by atomic mass is 32.2. The minimum Gasteiger partial charge on any atom is -0.318 e. The van der Waals surface area contributed by atoms with Crippen molar-refractivity contribution in [1.29, 1.82) is 0 Å². The summed E-state index contributed by atoms with van der Waals surface area (Å²) in [6, 6.07) is 4.54. The maximum atomic E-state index is 12.6. The number of nitrogens with zero attached hydrogens (tertiary/aromatic N) is 1. The quantitative estimate of drug-likeness (QED) is 0.873. The van der Waals surface area contributed by atoms with Gasteiger partial charge in [-0.2, -0.15) is 11.8 Å². The fourth-order valence-corrected chi connectivity index (χ4v) is 4.17. The summed E-state index contributed by atoms with van der Waals surface area (Å²) in [6.45, 7) is 6.35. The molecule has 0 radical (unpaired) electrons. The lowest BCUT2D eigenvalue weighted by atomic mass is 10.2. The first-order valence-electron chi connectivity index (χ1n) is 7.22. The molecule has 1 aromatic rings. The van der Waals surface area contributed by atoms with Gasteiger partial charge < -0.3 is 4.90 Å². The molecule has 2 rings (SSSR count). The molecule has 0 spiro atoms. The topological polar surface area (TPSA) is 32.3 Å². The van der Waals surface area contributed by atoms with Crippen molar-refractivity contribution in [2.75, 3.05) is 12.0 Å². The van der Waals surface area contributed by atoms with Crippen LogP contribution in [0.3, 0.4) is 0 Å². The van der Waals surface area contributed by atoms with Crippen LogP contribution in [0.2, 0.25) is 0 Å². The molecule has 112 valence electrons. The maximum absolute atomic E-state index is 12.6. The summed E-state index contributed by atoms with van der Waals surface area (Å²) in [5.41, 5.74) is 0. The van der Waals surface area contributed by atoms with Gasteiger partial charge in [-0.05, 0) is 50.8 Å². The summed E-state index contributed by atoms with van der Waals surface area (Å²) in [5, 5.41) is 3.51. The Kier molecular flexibility index (Phi) is 5.52. The summed E-state index contributed by atoms with van der Waals surface area (Å²) in [4.78, 5) is 17.2. The van der Waals surface area contributed by atoms with Crippen LogP contribution in [0.5, 0.6) is 0 Å². The van der Waals surface area contributed by atoms with Crippen LogP contribution < -0.4 is 5.32 Å². The third-order valence-corrected chi connectivity index (χ3v) is 5.54. The van der Waals surface area contributed by atoms with Crippen molar-refractivity contribution in [3.63, 3.8) is 0 Å². The second-order valence-electron chi connectivity index (χ2n) is 5.35. The average molecular weight is 313 g/mol. The molecule has 1 fully saturated rings. The monoisotopic (exact) mass is 312 g/mol.